The van der Waals surface area contributed by atoms with E-state index in [1.54, 1.807) is 0 Å². The number of pyridine rings is 1. The summed E-state index contributed by atoms with van der Waals surface area (Å²) in [4.78, 5) is 5.00. The molecule has 1 heterocycles. The molecule has 0 bridgehead atoms. The molecule has 0 saturated carbocycles. The quantitative estimate of drug-likeness (QED) is 0.216. The molecule has 0 spiro atoms. The molecule has 0 aliphatic rings. The van der Waals surface area contributed by atoms with E-state index in [2.05, 4.69) is 131 Å². The maximum atomic E-state index is 5.00. The molecule has 0 N–H and O–H groups in total. The van der Waals surface area contributed by atoms with Crippen LogP contribution >= 0.6 is 15.9 Å². The van der Waals surface area contributed by atoms with Crippen molar-refractivity contribution in [3.8, 4) is 33.6 Å². The molecule has 0 fully saturated rings. The molecule has 0 aliphatic carbocycles. The van der Waals surface area contributed by atoms with Crippen molar-refractivity contribution in [1.82, 2.24) is 4.98 Å². The highest BCUT2D eigenvalue weighted by atomic mass is 79.9. The molecule has 0 saturated heterocycles. The van der Waals surface area contributed by atoms with E-state index >= 15 is 0 Å². The number of hydrogen-bond acceptors (Lipinski definition) is 1. The van der Waals surface area contributed by atoms with Gasteiger partial charge in [0.2, 0.25) is 0 Å². The van der Waals surface area contributed by atoms with Gasteiger partial charge in [0.05, 0.1) is 11.4 Å². The number of benzene rings is 6. The molecular weight excluding hydrogens is 490 g/mol. The first-order valence-electron chi connectivity index (χ1n) is 11.7. The van der Waals surface area contributed by atoms with Gasteiger partial charge in [0.1, 0.15) is 0 Å². The fourth-order valence-electron chi connectivity index (χ4n) is 5.25. The predicted molar refractivity (Wildman–Crippen MR) is 152 cm³/mol. The molecule has 0 atom stereocenters. The van der Waals surface area contributed by atoms with Crippen LogP contribution in [-0.2, 0) is 0 Å². The van der Waals surface area contributed by atoms with Crippen LogP contribution in [0.15, 0.2) is 126 Å². The van der Waals surface area contributed by atoms with E-state index < -0.39 is 0 Å². The molecule has 7 rings (SSSR count). The second kappa shape index (κ2) is 8.04. The van der Waals surface area contributed by atoms with Crippen LogP contribution in [0.4, 0.5) is 0 Å². The molecule has 2 heteroatoms. The summed E-state index contributed by atoms with van der Waals surface area (Å²) < 4.78 is 1.04. The standard InChI is InChI=1S/C33H20BrN/c34-27-19-25(18-26(20-27)31-11-5-10-30(35-31)21-6-2-1-3-7-21)28-16-14-24-13-12-22-8-4-9-23-15-17-29(28)33(24)32(22)23/h1-20H. The smallest absolute Gasteiger partial charge is 0.0710 e. The summed E-state index contributed by atoms with van der Waals surface area (Å²) in [7, 11) is 0. The fraction of sp³-hybridized carbons (Fsp3) is 0. The Hall–Kier alpha value is -4.01. The average Bonchev–Trinajstić information content (AvgIpc) is 2.92. The summed E-state index contributed by atoms with van der Waals surface area (Å²) in [5.41, 5.74) is 6.57. The summed E-state index contributed by atoms with van der Waals surface area (Å²) in [6, 6.07) is 43.2. The van der Waals surface area contributed by atoms with E-state index in [1.165, 1.54) is 43.4 Å². The SMILES string of the molecule is Brc1cc(-c2cccc(-c3ccccc3)n2)cc(-c2ccc3ccc4cccc5ccc2c3c45)c1. The van der Waals surface area contributed by atoms with Gasteiger partial charge in [-0.05, 0) is 73.8 Å². The van der Waals surface area contributed by atoms with Gasteiger partial charge >= 0.3 is 0 Å². The van der Waals surface area contributed by atoms with Crippen molar-refractivity contribution in [3.05, 3.63) is 126 Å². The second-order valence-electron chi connectivity index (χ2n) is 8.97. The van der Waals surface area contributed by atoms with Gasteiger partial charge in [-0.2, -0.15) is 0 Å². The molecule has 7 aromatic rings. The van der Waals surface area contributed by atoms with Crippen LogP contribution in [0.3, 0.4) is 0 Å². The van der Waals surface area contributed by atoms with Crippen LogP contribution in [0.5, 0.6) is 0 Å². The van der Waals surface area contributed by atoms with Crippen molar-refractivity contribution in [2.75, 3.05) is 0 Å². The van der Waals surface area contributed by atoms with Crippen molar-refractivity contribution in [2.45, 2.75) is 0 Å². The highest BCUT2D eigenvalue weighted by Gasteiger charge is 2.13. The number of nitrogens with zero attached hydrogens (tertiary/aromatic N) is 1. The normalized spacial score (nSPS) is 11.6. The van der Waals surface area contributed by atoms with E-state index in [0.29, 0.717) is 0 Å². The summed E-state index contributed by atoms with van der Waals surface area (Å²) in [5.74, 6) is 0. The Morgan fingerprint density at radius 1 is 0.457 bits per heavy atom. The fourth-order valence-corrected chi connectivity index (χ4v) is 5.74. The zero-order valence-corrected chi connectivity index (χ0v) is 20.5. The first-order valence-corrected chi connectivity index (χ1v) is 12.5. The lowest BCUT2D eigenvalue weighted by Crippen LogP contribution is -1.90. The Kier molecular flexibility index (Phi) is 4.68. The average molecular weight is 510 g/mol. The molecule has 6 aromatic carbocycles. The molecule has 35 heavy (non-hydrogen) atoms. The van der Waals surface area contributed by atoms with Crippen molar-refractivity contribution in [3.63, 3.8) is 0 Å². The van der Waals surface area contributed by atoms with Gasteiger partial charge in [0.15, 0.2) is 0 Å². The first-order chi connectivity index (χ1) is 17.2. The van der Waals surface area contributed by atoms with Crippen LogP contribution in [0.2, 0.25) is 0 Å². The van der Waals surface area contributed by atoms with E-state index in [4.69, 9.17) is 4.98 Å². The summed E-state index contributed by atoms with van der Waals surface area (Å²) in [6.45, 7) is 0. The Labute approximate surface area is 212 Å². The van der Waals surface area contributed by atoms with Crippen LogP contribution in [0.1, 0.15) is 0 Å². The molecule has 0 unspecified atom stereocenters. The van der Waals surface area contributed by atoms with Gasteiger partial charge in [-0.15, -0.1) is 0 Å². The van der Waals surface area contributed by atoms with Crippen LogP contribution in [0.25, 0.3) is 66.0 Å². The van der Waals surface area contributed by atoms with Crippen molar-refractivity contribution < 1.29 is 0 Å². The minimum absolute atomic E-state index is 0.964. The number of hydrogen-bond donors (Lipinski definition) is 0. The Balaban J connectivity index is 1.43. The summed E-state index contributed by atoms with van der Waals surface area (Å²) in [5, 5.41) is 7.81. The number of aromatic nitrogens is 1. The lowest BCUT2D eigenvalue weighted by molar-refractivity contribution is 1.32. The van der Waals surface area contributed by atoms with E-state index in [0.717, 1.165) is 27.0 Å². The Bertz CT molecular complexity index is 1840. The minimum Gasteiger partial charge on any atom is -0.248 e. The van der Waals surface area contributed by atoms with Crippen molar-refractivity contribution in [2.24, 2.45) is 0 Å². The summed E-state index contributed by atoms with van der Waals surface area (Å²) >= 11 is 3.77. The van der Waals surface area contributed by atoms with Gasteiger partial charge in [-0.25, -0.2) is 4.98 Å². The van der Waals surface area contributed by atoms with Crippen molar-refractivity contribution >= 4 is 48.2 Å². The third kappa shape index (κ3) is 3.41. The zero-order chi connectivity index (χ0) is 23.4. The monoisotopic (exact) mass is 509 g/mol. The molecule has 0 radical (unpaired) electrons. The van der Waals surface area contributed by atoms with Gasteiger partial charge in [0, 0.05) is 15.6 Å². The van der Waals surface area contributed by atoms with Gasteiger partial charge in [-0.3, -0.25) is 0 Å². The number of halogens is 1. The van der Waals surface area contributed by atoms with Crippen LogP contribution in [0, 0.1) is 0 Å². The first kappa shape index (κ1) is 20.4. The third-order valence-electron chi connectivity index (χ3n) is 6.85. The van der Waals surface area contributed by atoms with Gasteiger partial charge < -0.3 is 0 Å². The molecule has 0 amide bonds. The number of rotatable bonds is 3. The van der Waals surface area contributed by atoms with Crippen molar-refractivity contribution in [1.29, 1.82) is 0 Å². The van der Waals surface area contributed by atoms with E-state index in [-0.39, 0.29) is 0 Å². The molecule has 0 aliphatic heterocycles. The highest BCUT2D eigenvalue weighted by Crippen LogP contribution is 2.40. The van der Waals surface area contributed by atoms with E-state index in [1.807, 2.05) is 6.07 Å². The Morgan fingerprint density at radius 2 is 1.09 bits per heavy atom. The maximum Gasteiger partial charge on any atom is 0.0710 e. The minimum atomic E-state index is 0.964. The molecule has 1 aromatic heterocycles. The molecular formula is C33H20BrN. The Morgan fingerprint density at radius 3 is 1.89 bits per heavy atom. The van der Waals surface area contributed by atoms with Gasteiger partial charge in [0.25, 0.3) is 0 Å². The third-order valence-corrected chi connectivity index (χ3v) is 7.31. The van der Waals surface area contributed by atoms with Gasteiger partial charge in [-0.1, -0.05) is 107 Å². The highest BCUT2D eigenvalue weighted by molar-refractivity contribution is 9.10. The van der Waals surface area contributed by atoms with Crippen LogP contribution < -0.4 is 0 Å². The second-order valence-corrected chi connectivity index (χ2v) is 9.89. The zero-order valence-electron chi connectivity index (χ0n) is 18.9. The lowest BCUT2D eigenvalue weighted by atomic mass is 9.89. The predicted octanol–water partition coefficient (Wildman–Crippen LogP) is 9.74. The van der Waals surface area contributed by atoms with E-state index in [9.17, 15) is 0 Å². The van der Waals surface area contributed by atoms with Crippen LogP contribution in [-0.4, -0.2) is 4.98 Å². The molecule has 164 valence electrons. The molecule has 1 nitrogen and oxygen atoms in total. The topological polar surface area (TPSA) is 12.9 Å². The summed E-state index contributed by atoms with van der Waals surface area (Å²) in [6.07, 6.45) is 0. The largest absolute Gasteiger partial charge is 0.248 e. The maximum absolute atomic E-state index is 5.00. The lowest BCUT2D eigenvalue weighted by Gasteiger charge is -2.15.